The number of pyridine rings is 1. The van der Waals surface area contributed by atoms with E-state index in [2.05, 4.69) is 10.00 Å². The second-order valence-electron chi connectivity index (χ2n) is 7.21. The van der Waals surface area contributed by atoms with Gasteiger partial charge in [0.2, 0.25) is 5.91 Å². The van der Waals surface area contributed by atoms with Gasteiger partial charge < -0.3 is 4.90 Å². The zero-order valence-corrected chi connectivity index (χ0v) is 14.5. The van der Waals surface area contributed by atoms with Gasteiger partial charge in [0, 0.05) is 38.8 Å². The highest BCUT2D eigenvalue weighted by Gasteiger charge is 2.25. The maximum atomic E-state index is 12.4. The Morgan fingerprint density at radius 2 is 1.88 bits per heavy atom. The molecule has 1 aliphatic heterocycles. The summed E-state index contributed by atoms with van der Waals surface area (Å²) in [6, 6.07) is 5.54. The summed E-state index contributed by atoms with van der Waals surface area (Å²) in [5.41, 5.74) is 0.549. The monoisotopic (exact) mass is 343 g/mol. The van der Waals surface area contributed by atoms with Crippen molar-refractivity contribution >= 4 is 11.6 Å². The Balaban J connectivity index is 1.33. The van der Waals surface area contributed by atoms with Crippen LogP contribution in [0.3, 0.4) is 0 Å². The highest BCUT2D eigenvalue weighted by atomic mass is 16.2. The highest BCUT2D eigenvalue weighted by molar-refractivity contribution is 5.76. The van der Waals surface area contributed by atoms with Crippen molar-refractivity contribution < 1.29 is 4.79 Å². The Bertz CT molecular complexity index is 797. The van der Waals surface area contributed by atoms with Gasteiger partial charge in [0.15, 0.2) is 5.65 Å². The number of carbonyl (C=O) groups excluding carboxylic acids is 1. The maximum Gasteiger partial charge on any atom is 0.351 e. The molecular weight excluding hydrogens is 318 g/mol. The minimum absolute atomic E-state index is 0.115. The predicted octanol–water partition coefficient (Wildman–Crippen LogP) is 1.18. The number of fused-ring (bicyclic) bond motifs is 1. The fourth-order valence-corrected chi connectivity index (χ4v) is 3.98. The van der Waals surface area contributed by atoms with Crippen LogP contribution in [0.4, 0.5) is 0 Å². The number of carbonyl (C=O) groups is 1. The van der Waals surface area contributed by atoms with Crippen molar-refractivity contribution in [2.75, 3.05) is 26.2 Å². The van der Waals surface area contributed by atoms with Crippen LogP contribution in [0.1, 0.15) is 32.1 Å². The molecule has 134 valence electrons. The molecule has 0 unspecified atom stereocenters. The van der Waals surface area contributed by atoms with Gasteiger partial charge in [0.25, 0.3) is 0 Å². The average molecular weight is 343 g/mol. The van der Waals surface area contributed by atoms with Crippen LogP contribution in [0.25, 0.3) is 5.65 Å². The maximum absolute atomic E-state index is 12.4. The Morgan fingerprint density at radius 1 is 1.12 bits per heavy atom. The molecular formula is C18H25N5O2. The van der Waals surface area contributed by atoms with E-state index in [1.165, 1.54) is 30.4 Å². The third-order valence-corrected chi connectivity index (χ3v) is 5.49. The molecule has 25 heavy (non-hydrogen) atoms. The van der Waals surface area contributed by atoms with Gasteiger partial charge in [-0.25, -0.2) is 4.79 Å². The van der Waals surface area contributed by atoms with Crippen LogP contribution in [0.15, 0.2) is 29.2 Å². The summed E-state index contributed by atoms with van der Waals surface area (Å²) in [6.45, 7) is 3.54. The summed E-state index contributed by atoms with van der Waals surface area (Å²) >= 11 is 0. The van der Waals surface area contributed by atoms with E-state index in [1.807, 2.05) is 23.1 Å². The van der Waals surface area contributed by atoms with Crippen molar-refractivity contribution in [2.45, 2.75) is 38.8 Å². The third kappa shape index (κ3) is 3.46. The van der Waals surface area contributed by atoms with Crippen molar-refractivity contribution in [1.29, 1.82) is 0 Å². The number of rotatable bonds is 4. The lowest BCUT2D eigenvalue weighted by atomic mass is 10.0. The molecule has 1 amide bonds. The Hall–Kier alpha value is -2.15. The number of hydrogen-bond donors (Lipinski definition) is 0. The van der Waals surface area contributed by atoms with Gasteiger partial charge in [0.1, 0.15) is 0 Å². The van der Waals surface area contributed by atoms with E-state index >= 15 is 0 Å². The predicted molar refractivity (Wildman–Crippen MR) is 94.2 cm³/mol. The van der Waals surface area contributed by atoms with Crippen LogP contribution >= 0.6 is 0 Å². The van der Waals surface area contributed by atoms with Crippen molar-refractivity contribution in [3.05, 3.63) is 34.9 Å². The fraction of sp³-hybridized carbons (Fsp3) is 0.611. The van der Waals surface area contributed by atoms with Crippen LogP contribution in [-0.4, -0.2) is 56.1 Å². The molecule has 0 aromatic carbocycles. The first kappa shape index (κ1) is 16.3. The van der Waals surface area contributed by atoms with Crippen molar-refractivity contribution in [3.63, 3.8) is 0 Å². The number of hydrogen-bond acceptors (Lipinski definition) is 4. The number of aromatic nitrogens is 3. The molecule has 3 heterocycles. The highest BCUT2D eigenvalue weighted by Crippen LogP contribution is 2.28. The summed E-state index contributed by atoms with van der Waals surface area (Å²) in [5.74, 6) is 0.901. The van der Waals surface area contributed by atoms with Gasteiger partial charge in [-0.05, 0) is 30.9 Å². The zero-order chi connectivity index (χ0) is 17.2. The van der Waals surface area contributed by atoms with Crippen LogP contribution in [0.5, 0.6) is 0 Å². The molecule has 7 heteroatoms. The summed E-state index contributed by atoms with van der Waals surface area (Å²) in [4.78, 5) is 28.9. The lowest BCUT2D eigenvalue weighted by Crippen LogP contribution is -2.50. The minimum Gasteiger partial charge on any atom is -0.340 e. The Labute approximate surface area is 146 Å². The molecule has 4 rings (SSSR count). The third-order valence-electron chi connectivity index (χ3n) is 5.49. The van der Waals surface area contributed by atoms with Crippen LogP contribution < -0.4 is 5.69 Å². The number of amides is 1. The van der Waals surface area contributed by atoms with E-state index in [9.17, 15) is 9.59 Å². The lowest BCUT2D eigenvalue weighted by Gasteiger charge is -2.34. The molecule has 0 spiro atoms. The normalized spacial score (nSPS) is 19.8. The smallest absolute Gasteiger partial charge is 0.340 e. The first-order valence-electron chi connectivity index (χ1n) is 9.25. The molecule has 1 saturated heterocycles. The summed E-state index contributed by atoms with van der Waals surface area (Å²) in [5, 5.41) is 4.37. The second-order valence-corrected chi connectivity index (χ2v) is 7.21. The molecule has 1 aliphatic carbocycles. The van der Waals surface area contributed by atoms with E-state index in [4.69, 9.17) is 0 Å². The second kappa shape index (κ2) is 7.00. The van der Waals surface area contributed by atoms with E-state index in [0.717, 1.165) is 26.2 Å². The Kier molecular flexibility index (Phi) is 4.57. The van der Waals surface area contributed by atoms with Crippen molar-refractivity contribution in [3.8, 4) is 0 Å². The summed E-state index contributed by atoms with van der Waals surface area (Å²) < 4.78 is 3.06. The molecule has 2 aromatic heterocycles. The van der Waals surface area contributed by atoms with E-state index in [-0.39, 0.29) is 5.69 Å². The largest absolute Gasteiger partial charge is 0.351 e. The van der Waals surface area contributed by atoms with E-state index in [1.54, 1.807) is 10.6 Å². The van der Waals surface area contributed by atoms with Crippen LogP contribution in [-0.2, 0) is 11.5 Å². The molecule has 0 atom stereocenters. The number of nitrogens with zero attached hydrogens (tertiary/aromatic N) is 5. The van der Waals surface area contributed by atoms with Gasteiger partial charge in [-0.3, -0.25) is 14.1 Å². The zero-order valence-electron chi connectivity index (χ0n) is 14.5. The standard InChI is InChI=1S/C18H25N5O2/c24-17(13-15-5-1-2-6-15)21-11-9-20(10-12-21)14-23-18(25)22-8-4-3-7-16(22)19-23/h3-4,7-8,15H,1-2,5-6,9-14H2. The van der Waals surface area contributed by atoms with Crippen LogP contribution in [0.2, 0.25) is 0 Å². The summed E-state index contributed by atoms with van der Waals surface area (Å²) in [7, 11) is 0. The molecule has 7 nitrogen and oxygen atoms in total. The minimum atomic E-state index is -0.115. The van der Waals surface area contributed by atoms with Crippen LogP contribution in [0, 0.1) is 5.92 Å². The molecule has 0 bridgehead atoms. The molecule has 0 N–H and O–H groups in total. The first-order valence-corrected chi connectivity index (χ1v) is 9.25. The van der Waals surface area contributed by atoms with E-state index in [0.29, 0.717) is 30.6 Å². The molecule has 1 saturated carbocycles. The molecule has 2 fully saturated rings. The fourth-order valence-electron chi connectivity index (χ4n) is 3.98. The number of piperazine rings is 1. The SMILES string of the molecule is O=C(CC1CCCC1)N1CCN(Cn2nc3ccccn3c2=O)CC1. The van der Waals surface area contributed by atoms with Gasteiger partial charge >= 0.3 is 5.69 Å². The first-order chi connectivity index (χ1) is 12.2. The topological polar surface area (TPSA) is 62.9 Å². The summed E-state index contributed by atoms with van der Waals surface area (Å²) in [6.07, 6.45) is 7.43. The van der Waals surface area contributed by atoms with Gasteiger partial charge in [-0.2, -0.15) is 4.68 Å². The van der Waals surface area contributed by atoms with Gasteiger partial charge in [-0.1, -0.05) is 18.9 Å². The Morgan fingerprint density at radius 3 is 2.60 bits per heavy atom. The average Bonchev–Trinajstić information content (AvgIpc) is 3.24. The quantitative estimate of drug-likeness (QED) is 0.836. The van der Waals surface area contributed by atoms with Gasteiger partial charge in [0.05, 0.1) is 6.67 Å². The molecule has 2 aliphatic rings. The van der Waals surface area contributed by atoms with Gasteiger partial charge in [-0.15, -0.1) is 5.10 Å². The van der Waals surface area contributed by atoms with E-state index < -0.39 is 0 Å². The molecule has 0 radical (unpaired) electrons. The van der Waals surface area contributed by atoms with Crippen molar-refractivity contribution in [2.24, 2.45) is 5.92 Å². The lowest BCUT2D eigenvalue weighted by molar-refractivity contribution is -0.134. The molecule has 2 aromatic rings. The van der Waals surface area contributed by atoms with Crippen molar-refractivity contribution in [1.82, 2.24) is 24.0 Å².